The standard InChI is InChI=1S/C8H15N3O/c1-7(5-12)2-9-3-8-4-10-6-11-8/h4,6-7,9,12H,2-3,5H2,1H3,(H,10,11). The molecule has 0 radical (unpaired) electrons. The van der Waals surface area contributed by atoms with E-state index in [1.54, 1.807) is 12.5 Å². The summed E-state index contributed by atoms with van der Waals surface area (Å²) in [5.41, 5.74) is 1.07. The van der Waals surface area contributed by atoms with Crippen LogP contribution in [0.5, 0.6) is 0 Å². The average Bonchev–Trinajstić information content (AvgIpc) is 2.57. The molecule has 1 unspecified atom stereocenters. The van der Waals surface area contributed by atoms with Gasteiger partial charge in [0.25, 0.3) is 0 Å². The minimum absolute atomic E-state index is 0.232. The van der Waals surface area contributed by atoms with Gasteiger partial charge in [-0.3, -0.25) is 0 Å². The van der Waals surface area contributed by atoms with Crippen molar-refractivity contribution in [3.63, 3.8) is 0 Å². The summed E-state index contributed by atoms with van der Waals surface area (Å²) in [4.78, 5) is 6.89. The lowest BCUT2D eigenvalue weighted by Crippen LogP contribution is -2.22. The predicted molar refractivity (Wildman–Crippen MR) is 46.5 cm³/mol. The lowest BCUT2D eigenvalue weighted by atomic mass is 10.2. The molecule has 1 rings (SSSR count). The zero-order chi connectivity index (χ0) is 8.81. The maximum Gasteiger partial charge on any atom is 0.0922 e. The molecule has 0 aliphatic heterocycles. The van der Waals surface area contributed by atoms with Crippen LogP contribution in [0.3, 0.4) is 0 Å². The van der Waals surface area contributed by atoms with E-state index in [0.717, 1.165) is 18.8 Å². The molecule has 0 saturated heterocycles. The molecule has 0 spiro atoms. The van der Waals surface area contributed by atoms with Crippen LogP contribution in [0.4, 0.5) is 0 Å². The Morgan fingerprint density at radius 2 is 2.58 bits per heavy atom. The highest BCUT2D eigenvalue weighted by atomic mass is 16.3. The van der Waals surface area contributed by atoms with Crippen LogP contribution >= 0.6 is 0 Å². The molecule has 4 heteroatoms. The van der Waals surface area contributed by atoms with Gasteiger partial charge in [-0.15, -0.1) is 0 Å². The zero-order valence-corrected chi connectivity index (χ0v) is 7.25. The van der Waals surface area contributed by atoms with Crippen LogP contribution in [0.25, 0.3) is 0 Å². The largest absolute Gasteiger partial charge is 0.396 e. The van der Waals surface area contributed by atoms with Gasteiger partial charge in [-0.05, 0) is 5.92 Å². The third-order valence-electron chi connectivity index (χ3n) is 1.67. The third kappa shape index (κ3) is 3.02. The van der Waals surface area contributed by atoms with Crippen molar-refractivity contribution in [3.8, 4) is 0 Å². The number of imidazole rings is 1. The van der Waals surface area contributed by atoms with E-state index in [-0.39, 0.29) is 6.61 Å². The Balaban J connectivity index is 2.11. The van der Waals surface area contributed by atoms with Crippen molar-refractivity contribution in [3.05, 3.63) is 18.2 Å². The van der Waals surface area contributed by atoms with Gasteiger partial charge in [-0.2, -0.15) is 0 Å². The quantitative estimate of drug-likeness (QED) is 0.587. The highest BCUT2D eigenvalue weighted by molar-refractivity contribution is 4.92. The van der Waals surface area contributed by atoms with Gasteiger partial charge >= 0.3 is 0 Å². The summed E-state index contributed by atoms with van der Waals surface area (Å²) in [7, 11) is 0. The van der Waals surface area contributed by atoms with E-state index < -0.39 is 0 Å². The second kappa shape index (κ2) is 4.90. The first kappa shape index (κ1) is 9.22. The molecule has 0 aliphatic carbocycles. The zero-order valence-electron chi connectivity index (χ0n) is 7.25. The van der Waals surface area contributed by atoms with E-state index in [1.807, 2.05) is 6.92 Å². The molecule has 1 atom stereocenters. The van der Waals surface area contributed by atoms with Crippen molar-refractivity contribution in [1.29, 1.82) is 0 Å². The molecule has 1 aromatic rings. The monoisotopic (exact) mass is 169 g/mol. The first-order valence-electron chi connectivity index (χ1n) is 4.11. The summed E-state index contributed by atoms with van der Waals surface area (Å²) in [5, 5.41) is 11.9. The molecule has 0 aliphatic rings. The first-order valence-corrected chi connectivity index (χ1v) is 4.11. The molecule has 4 nitrogen and oxygen atoms in total. The van der Waals surface area contributed by atoms with Crippen LogP contribution in [-0.2, 0) is 6.54 Å². The molecule has 0 saturated carbocycles. The van der Waals surface area contributed by atoms with Gasteiger partial charge in [0.1, 0.15) is 0 Å². The number of aliphatic hydroxyl groups excluding tert-OH is 1. The Hall–Kier alpha value is -0.870. The molecule has 3 N–H and O–H groups in total. The number of nitrogens with one attached hydrogen (secondary N) is 2. The van der Waals surface area contributed by atoms with E-state index in [1.165, 1.54) is 0 Å². The molecular formula is C8H15N3O. The fourth-order valence-electron chi connectivity index (χ4n) is 0.899. The second-order valence-electron chi connectivity index (χ2n) is 3.00. The van der Waals surface area contributed by atoms with Crippen molar-refractivity contribution >= 4 is 0 Å². The van der Waals surface area contributed by atoms with Crippen molar-refractivity contribution in [2.45, 2.75) is 13.5 Å². The van der Waals surface area contributed by atoms with Crippen LogP contribution in [0.2, 0.25) is 0 Å². The second-order valence-corrected chi connectivity index (χ2v) is 3.00. The molecule has 1 aromatic heterocycles. The molecule has 0 fully saturated rings. The number of H-pyrrole nitrogens is 1. The minimum Gasteiger partial charge on any atom is -0.396 e. The molecular weight excluding hydrogens is 154 g/mol. The minimum atomic E-state index is 0.232. The number of nitrogens with zero attached hydrogens (tertiary/aromatic N) is 1. The fraction of sp³-hybridized carbons (Fsp3) is 0.625. The summed E-state index contributed by atoms with van der Waals surface area (Å²) < 4.78 is 0. The number of aliphatic hydroxyl groups is 1. The van der Waals surface area contributed by atoms with Gasteiger partial charge in [0.2, 0.25) is 0 Å². The van der Waals surface area contributed by atoms with Crippen molar-refractivity contribution in [2.24, 2.45) is 5.92 Å². The highest BCUT2D eigenvalue weighted by Crippen LogP contribution is 1.92. The Morgan fingerprint density at radius 1 is 1.75 bits per heavy atom. The van der Waals surface area contributed by atoms with Crippen LogP contribution in [0.1, 0.15) is 12.6 Å². The van der Waals surface area contributed by atoms with Gasteiger partial charge < -0.3 is 15.4 Å². The van der Waals surface area contributed by atoms with Crippen LogP contribution < -0.4 is 5.32 Å². The van der Waals surface area contributed by atoms with Crippen molar-refractivity contribution in [2.75, 3.05) is 13.2 Å². The molecule has 0 amide bonds. The van der Waals surface area contributed by atoms with Gasteiger partial charge in [-0.1, -0.05) is 6.92 Å². The van der Waals surface area contributed by atoms with Gasteiger partial charge in [0.15, 0.2) is 0 Å². The summed E-state index contributed by atoms with van der Waals surface area (Å²) in [6.07, 6.45) is 3.45. The Kier molecular flexibility index (Phi) is 3.76. The Morgan fingerprint density at radius 3 is 3.17 bits per heavy atom. The number of hydrogen-bond donors (Lipinski definition) is 3. The molecule has 0 aromatic carbocycles. The first-order chi connectivity index (χ1) is 5.83. The average molecular weight is 169 g/mol. The molecule has 12 heavy (non-hydrogen) atoms. The third-order valence-corrected chi connectivity index (χ3v) is 1.67. The summed E-state index contributed by atoms with van der Waals surface area (Å²) in [6.45, 7) is 3.84. The van der Waals surface area contributed by atoms with E-state index in [4.69, 9.17) is 5.11 Å². The van der Waals surface area contributed by atoms with E-state index in [2.05, 4.69) is 15.3 Å². The smallest absolute Gasteiger partial charge is 0.0922 e. The maximum absolute atomic E-state index is 8.73. The number of rotatable bonds is 5. The summed E-state index contributed by atoms with van der Waals surface area (Å²) in [6, 6.07) is 0. The SMILES string of the molecule is CC(CO)CNCc1cnc[nH]1. The Bertz CT molecular complexity index is 198. The normalized spacial score (nSPS) is 13.2. The molecule has 0 bridgehead atoms. The van der Waals surface area contributed by atoms with Gasteiger partial charge in [0, 0.05) is 31.6 Å². The van der Waals surface area contributed by atoms with Crippen molar-refractivity contribution < 1.29 is 5.11 Å². The summed E-state index contributed by atoms with van der Waals surface area (Å²) >= 11 is 0. The predicted octanol–water partition coefficient (Wildman–Crippen LogP) is 0.128. The van der Waals surface area contributed by atoms with Gasteiger partial charge in [0.05, 0.1) is 6.33 Å². The number of hydrogen-bond acceptors (Lipinski definition) is 3. The van der Waals surface area contributed by atoms with Crippen LogP contribution in [0, 0.1) is 5.92 Å². The number of aromatic nitrogens is 2. The fourth-order valence-corrected chi connectivity index (χ4v) is 0.899. The van der Waals surface area contributed by atoms with E-state index in [0.29, 0.717) is 5.92 Å². The summed E-state index contributed by atoms with van der Waals surface area (Å²) in [5.74, 6) is 0.313. The van der Waals surface area contributed by atoms with Crippen LogP contribution in [-0.4, -0.2) is 28.2 Å². The number of aromatic amines is 1. The van der Waals surface area contributed by atoms with E-state index in [9.17, 15) is 0 Å². The molecule has 68 valence electrons. The van der Waals surface area contributed by atoms with E-state index >= 15 is 0 Å². The highest BCUT2D eigenvalue weighted by Gasteiger charge is 1.98. The lowest BCUT2D eigenvalue weighted by molar-refractivity contribution is 0.233. The topological polar surface area (TPSA) is 60.9 Å². The van der Waals surface area contributed by atoms with Crippen molar-refractivity contribution in [1.82, 2.24) is 15.3 Å². The Labute approximate surface area is 72.0 Å². The van der Waals surface area contributed by atoms with Crippen LogP contribution in [0.15, 0.2) is 12.5 Å². The van der Waals surface area contributed by atoms with Gasteiger partial charge in [-0.25, -0.2) is 4.98 Å². The maximum atomic E-state index is 8.73. The molecule has 1 heterocycles. The lowest BCUT2D eigenvalue weighted by Gasteiger charge is -2.07.